The van der Waals surface area contributed by atoms with Crippen molar-refractivity contribution in [2.24, 2.45) is 0 Å². The Balaban J connectivity index is 1.65. The van der Waals surface area contributed by atoms with E-state index in [1.54, 1.807) is 6.20 Å². The molecular formula is C23H22N4O. The Bertz CT molecular complexity index is 1070. The van der Waals surface area contributed by atoms with Crippen molar-refractivity contribution in [1.82, 2.24) is 19.3 Å². The molecule has 4 aromatic rings. The zero-order valence-corrected chi connectivity index (χ0v) is 15.8. The van der Waals surface area contributed by atoms with Crippen LogP contribution >= 0.6 is 0 Å². The van der Waals surface area contributed by atoms with Crippen LogP contribution in [0.5, 0.6) is 0 Å². The van der Waals surface area contributed by atoms with Crippen molar-refractivity contribution >= 4 is 11.6 Å². The molecule has 4 rings (SSSR count). The third kappa shape index (κ3) is 3.78. The van der Waals surface area contributed by atoms with Crippen LogP contribution in [0.2, 0.25) is 0 Å². The Hall–Kier alpha value is -3.47. The lowest BCUT2D eigenvalue weighted by Gasteiger charge is -2.22. The molecule has 5 heteroatoms. The fourth-order valence-electron chi connectivity index (χ4n) is 3.37. The zero-order chi connectivity index (χ0) is 19.3. The van der Waals surface area contributed by atoms with Gasteiger partial charge in [-0.3, -0.25) is 14.2 Å². The maximum absolute atomic E-state index is 13.5. The van der Waals surface area contributed by atoms with Gasteiger partial charge in [0.25, 0.3) is 5.91 Å². The quantitative estimate of drug-likeness (QED) is 0.517. The second-order valence-electron chi connectivity index (χ2n) is 6.76. The second-order valence-corrected chi connectivity index (χ2v) is 6.76. The van der Waals surface area contributed by atoms with E-state index in [1.807, 2.05) is 77.0 Å². The van der Waals surface area contributed by atoms with Gasteiger partial charge < -0.3 is 4.90 Å². The van der Waals surface area contributed by atoms with E-state index >= 15 is 0 Å². The van der Waals surface area contributed by atoms with Crippen molar-refractivity contribution in [2.75, 3.05) is 6.54 Å². The van der Waals surface area contributed by atoms with E-state index in [-0.39, 0.29) is 5.91 Å². The summed E-state index contributed by atoms with van der Waals surface area (Å²) < 4.78 is 1.87. The minimum atomic E-state index is -0.0298. The van der Waals surface area contributed by atoms with E-state index in [0.717, 1.165) is 23.5 Å². The molecule has 0 spiro atoms. The normalized spacial score (nSPS) is 10.9. The molecule has 1 amide bonds. The van der Waals surface area contributed by atoms with Crippen molar-refractivity contribution in [1.29, 1.82) is 0 Å². The Kier molecular flexibility index (Phi) is 5.15. The summed E-state index contributed by atoms with van der Waals surface area (Å²) in [5, 5.41) is 0. The third-order valence-corrected chi connectivity index (χ3v) is 4.79. The fourth-order valence-corrected chi connectivity index (χ4v) is 3.37. The number of hydrogen-bond donors (Lipinski definition) is 0. The molecule has 0 radical (unpaired) electrons. The topological polar surface area (TPSA) is 50.5 Å². The molecule has 28 heavy (non-hydrogen) atoms. The number of rotatable bonds is 6. The highest BCUT2D eigenvalue weighted by molar-refractivity contribution is 5.94. The third-order valence-electron chi connectivity index (χ3n) is 4.79. The molecule has 5 nitrogen and oxygen atoms in total. The standard InChI is InChI=1S/C23H22N4O/c1-18-22(27-15-8-6-12-21(27)25-18)23(28)26(17-20-11-5-7-14-24-20)16-13-19-9-3-2-4-10-19/h2-12,14-15H,13,16-17H2,1H3. The first-order chi connectivity index (χ1) is 13.7. The molecule has 0 fully saturated rings. The first-order valence-electron chi connectivity index (χ1n) is 9.39. The van der Waals surface area contributed by atoms with Gasteiger partial charge in [-0.2, -0.15) is 0 Å². The zero-order valence-electron chi connectivity index (χ0n) is 15.8. The van der Waals surface area contributed by atoms with Crippen molar-refractivity contribution in [3.05, 3.63) is 102 Å². The summed E-state index contributed by atoms with van der Waals surface area (Å²) in [6, 6.07) is 21.8. The molecule has 0 unspecified atom stereocenters. The molecule has 0 N–H and O–H groups in total. The second kappa shape index (κ2) is 8.05. The number of amides is 1. The monoisotopic (exact) mass is 370 g/mol. The molecule has 0 saturated heterocycles. The lowest BCUT2D eigenvalue weighted by atomic mass is 10.1. The largest absolute Gasteiger partial charge is 0.331 e. The van der Waals surface area contributed by atoms with Crippen LogP contribution in [0, 0.1) is 6.92 Å². The van der Waals surface area contributed by atoms with Gasteiger partial charge in [0, 0.05) is 18.9 Å². The van der Waals surface area contributed by atoms with Crippen molar-refractivity contribution in [3.63, 3.8) is 0 Å². The average Bonchev–Trinajstić information content (AvgIpc) is 3.07. The van der Waals surface area contributed by atoms with Gasteiger partial charge in [0.2, 0.25) is 0 Å². The minimum Gasteiger partial charge on any atom is -0.331 e. The van der Waals surface area contributed by atoms with Gasteiger partial charge in [-0.1, -0.05) is 42.5 Å². The first-order valence-corrected chi connectivity index (χ1v) is 9.39. The van der Waals surface area contributed by atoms with E-state index in [2.05, 4.69) is 22.1 Å². The minimum absolute atomic E-state index is 0.0298. The maximum atomic E-state index is 13.5. The van der Waals surface area contributed by atoms with Crippen LogP contribution in [0.4, 0.5) is 0 Å². The highest BCUT2D eigenvalue weighted by atomic mass is 16.2. The number of benzene rings is 1. The molecule has 0 aliphatic rings. The fraction of sp³-hybridized carbons (Fsp3) is 0.174. The number of hydrogen-bond acceptors (Lipinski definition) is 3. The molecular weight excluding hydrogens is 348 g/mol. The Labute approximate surface area is 164 Å². The predicted octanol–water partition coefficient (Wildman–Crippen LogP) is 3.92. The van der Waals surface area contributed by atoms with E-state index in [4.69, 9.17) is 0 Å². The summed E-state index contributed by atoms with van der Waals surface area (Å²) >= 11 is 0. The van der Waals surface area contributed by atoms with Gasteiger partial charge in [0.1, 0.15) is 11.3 Å². The first kappa shape index (κ1) is 17.9. The molecule has 0 aliphatic heterocycles. The summed E-state index contributed by atoms with van der Waals surface area (Å²) in [6.45, 7) is 2.96. The van der Waals surface area contributed by atoms with Gasteiger partial charge >= 0.3 is 0 Å². The Morgan fingerprint density at radius 1 is 1.00 bits per heavy atom. The lowest BCUT2D eigenvalue weighted by Crippen LogP contribution is -2.34. The van der Waals surface area contributed by atoms with Gasteiger partial charge in [0.05, 0.1) is 17.9 Å². The number of aromatic nitrogens is 3. The molecule has 1 aromatic carbocycles. The average molecular weight is 370 g/mol. The van der Waals surface area contributed by atoms with Gasteiger partial charge in [-0.05, 0) is 43.2 Å². The van der Waals surface area contributed by atoms with E-state index in [0.29, 0.717) is 18.8 Å². The van der Waals surface area contributed by atoms with E-state index in [9.17, 15) is 4.79 Å². The SMILES string of the molecule is Cc1nc2ccccn2c1C(=O)N(CCc1ccccc1)Cc1ccccn1. The molecule has 0 atom stereocenters. The smallest absolute Gasteiger partial charge is 0.273 e. The van der Waals surface area contributed by atoms with Crippen molar-refractivity contribution in [2.45, 2.75) is 19.9 Å². The Morgan fingerprint density at radius 2 is 1.79 bits per heavy atom. The van der Waals surface area contributed by atoms with Crippen LogP contribution in [0.25, 0.3) is 5.65 Å². The number of fused-ring (bicyclic) bond motifs is 1. The molecule has 0 aliphatic carbocycles. The maximum Gasteiger partial charge on any atom is 0.273 e. The molecule has 0 bridgehead atoms. The highest BCUT2D eigenvalue weighted by Crippen LogP contribution is 2.16. The molecule has 3 aromatic heterocycles. The Morgan fingerprint density at radius 3 is 2.57 bits per heavy atom. The number of imidazole rings is 1. The lowest BCUT2D eigenvalue weighted by molar-refractivity contribution is 0.0735. The van der Waals surface area contributed by atoms with E-state index < -0.39 is 0 Å². The summed E-state index contributed by atoms with van der Waals surface area (Å²) in [7, 11) is 0. The molecule has 0 saturated carbocycles. The van der Waals surface area contributed by atoms with Gasteiger partial charge in [-0.25, -0.2) is 4.98 Å². The summed E-state index contributed by atoms with van der Waals surface area (Å²) in [4.78, 5) is 24.3. The van der Waals surface area contributed by atoms with Crippen LogP contribution in [0.1, 0.15) is 27.4 Å². The summed E-state index contributed by atoms with van der Waals surface area (Å²) in [5.74, 6) is -0.0298. The van der Waals surface area contributed by atoms with Gasteiger partial charge in [-0.15, -0.1) is 0 Å². The number of aryl methyl sites for hydroxylation is 1. The highest BCUT2D eigenvalue weighted by Gasteiger charge is 2.23. The van der Waals surface area contributed by atoms with E-state index in [1.165, 1.54) is 5.56 Å². The van der Waals surface area contributed by atoms with Crippen LogP contribution in [0.3, 0.4) is 0 Å². The van der Waals surface area contributed by atoms with Crippen molar-refractivity contribution < 1.29 is 4.79 Å². The van der Waals surface area contributed by atoms with Crippen LogP contribution in [-0.4, -0.2) is 31.7 Å². The summed E-state index contributed by atoms with van der Waals surface area (Å²) in [6.07, 6.45) is 4.43. The number of carbonyl (C=O) groups excluding carboxylic acids is 1. The number of nitrogens with zero attached hydrogens (tertiary/aromatic N) is 4. The van der Waals surface area contributed by atoms with Crippen LogP contribution < -0.4 is 0 Å². The van der Waals surface area contributed by atoms with Crippen LogP contribution in [-0.2, 0) is 13.0 Å². The number of pyridine rings is 2. The summed E-state index contributed by atoms with van der Waals surface area (Å²) in [5.41, 5.74) is 4.21. The van der Waals surface area contributed by atoms with Crippen LogP contribution in [0.15, 0.2) is 79.1 Å². The molecule has 140 valence electrons. The predicted molar refractivity (Wildman–Crippen MR) is 109 cm³/mol. The van der Waals surface area contributed by atoms with Gasteiger partial charge in [0.15, 0.2) is 0 Å². The van der Waals surface area contributed by atoms with Crippen molar-refractivity contribution in [3.8, 4) is 0 Å². The molecule has 3 heterocycles. The number of carbonyl (C=O) groups is 1.